The summed E-state index contributed by atoms with van der Waals surface area (Å²) in [5, 5.41) is 11.4. The summed E-state index contributed by atoms with van der Waals surface area (Å²) in [6, 6.07) is 15.4. The minimum absolute atomic E-state index is 0.154. The summed E-state index contributed by atoms with van der Waals surface area (Å²) in [7, 11) is 0. The highest BCUT2D eigenvalue weighted by atomic mass is 19.1. The minimum Gasteiger partial charge on any atom is -0.382 e. The maximum absolute atomic E-state index is 15.4. The largest absolute Gasteiger partial charge is 0.382 e. The number of rotatable bonds is 6. The summed E-state index contributed by atoms with van der Waals surface area (Å²) < 4.78 is 34.4. The number of ether oxygens (including phenoxy) is 1. The average Bonchev–Trinajstić information content (AvgIpc) is 3.24. The molecule has 1 fully saturated rings. The Morgan fingerprint density at radius 3 is 2.65 bits per heavy atom. The number of hydrogen-bond donors (Lipinski definition) is 3. The predicted octanol–water partition coefficient (Wildman–Crippen LogP) is 4.79. The lowest BCUT2D eigenvalue weighted by Crippen LogP contribution is -2.28. The van der Waals surface area contributed by atoms with Crippen LogP contribution in [0.4, 0.5) is 14.5 Å². The number of nitrogens with one attached hydrogen (secondary N) is 2. The van der Waals surface area contributed by atoms with Crippen molar-refractivity contribution in [1.29, 1.82) is 0 Å². The molecule has 8 heteroatoms. The number of hydrogen-bond acceptors (Lipinski definition) is 4. The van der Waals surface area contributed by atoms with Crippen molar-refractivity contribution in [1.82, 2.24) is 10.2 Å². The van der Waals surface area contributed by atoms with Crippen LogP contribution in [0.5, 0.6) is 0 Å². The third-order valence-corrected chi connectivity index (χ3v) is 6.11. The molecule has 0 spiro atoms. The van der Waals surface area contributed by atoms with E-state index < -0.39 is 11.7 Å². The number of benzene rings is 3. The van der Waals surface area contributed by atoms with E-state index in [2.05, 4.69) is 15.5 Å². The molecule has 34 heavy (non-hydrogen) atoms. The third-order valence-electron chi connectivity index (χ3n) is 6.11. The van der Waals surface area contributed by atoms with Crippen LogP contribution in [0.1, 0.15) is 34.3 Å². The van der Waals surface area contributed by atoms with Crippen molar-refractivity contribution in [2.24, 2.45) is 5.73 Å². The number of aromatic nitrogens is 2. The molecular formula is C26H24F2N4O2. The molecule has 6 nitrogen and oxygen atoms in total. The molecule has 0 atom stereocenters. The van der Waals surface area contributed by atoms with E-state index in [0.29, 0.717) is 36.4 Å². The molecule has 0 unspecified atom stereocenters. The molecule has 1 aliphatic heterocycles. The Labute approximate surface area is 195 Å². The van der Waals surface area contributed by atoms with Crippen LogP contribution in [-0.2, 0) is 11.2 Å². The van der Waals surface area contributed by atoms with Gasteiger partial charge in [-0.1, -0.05) is 18.2 Å². The zero-order valence-electron chi connectivity index (χ0n) is 18.4. The number of carbonyl (C=O) groups is 1. The van der Waals surface area contributed by atoms with E-state index in [1.54, 1.807) is 12.1 Å². The van der Waals surface area contributed by atoms with Crippen molar-refractivity contribution in [3.8, 4) is 11.3 Å². The van der Waals surface area contributed by atoms with Gasteiger partial charge < -0.3 is 15.8 Å². The fourth-order valence-electron chi connectivity index (χ4n) is 4.40. The van der Waals surface area contributed by atoms with Crippen LogP contribution in [0.15, 0.2) is 54.6 Å². The molecule has 174 valence electrons. The summed E-state index contributed by atoms with van der Waals surface area (Å²) in [5.74, 6) is -1.85. The second-order valence-electron chi connectivity index (χ2n) is 8.54. The minimum atomic E-state index is -0.846. The van der Waals surface area contributed by atoms with Crippen LogP contribution >= 0.6 is 0 Å². The van der Waals surface area contributed by atoms with Gasteiger partial charge in [0.25, 0.3) is 5.91 Å². The van der Waals surface area contributed by atoms with Crippen molar-refractivity contribution in [2.75, 3.05) is 18.5 Å². The summed E-state index contributed by atoms with van der Waals surface area (Å²) in [6.45, 7) is 1.29. The Morgan fingerprint density at radius 2 is 1.88 bits per heavy atom. The van der Waals surface area contributed by atoms with Gasteiger partial charge in [0.15, 0.2) is 0 Å². The number of primary amides is 1. The van der Waals surface area contributed by atoms with Gasteiger partial charge >= 0.3 is 0 Å². The van der Waals surface area contributed by atoms with Gasteiger partial charge in [-0.2, -0.15) is 5.10 Å². The normalized spacial score (nSPS) is 14.4. The van der Waals surface area contributed by atoms with Crippen LogP contribution in [0.2, 0.25) is 0 Å². The number of anilines is 1. The monoisotopic (exact) mass is 462 g/mol. The zero-order chi connectivity index (χ0) is 23.7. The molecule has 0 radical (unpaired) electrons. The molecule has 0 saturated carbocycles. The number of nitrogens with two attached hydrogens (primary N) is 1. The standard InChI is InChI=1S/C26H24F2N4O2/c27-17-3-1-2-15(11-17)10-16-4-5-23-20(12-16)25(32-31-23)21-13-19(14-22(24(21)28)26(29)33)30-18-6-8-34-9-7-18/h1-5,11-14,18,30H,6-10H2,(H2,29,33)(H,31,32). The van der Waals surface area contributed by atoms with Gasteiger partial charge in [-0.15, -0.1) is 0 Å². The summed E-state index contributed by atoms with van der Waals surface area (Å²) in [6.07, 6.45) is 2.14. The van der Waals surface area contributed by atoms with Crippen LogP contribution in [0, 0.1) is 11.6 Å². The Morgan fingerprint density at radius 1 is 1.09 bits per heavy atom. The van der Waals surface area contributed by atoms with Crippen molar-refractivity contribution in [3.05, 3.63) is 82.9 Å². The summed E-state index contributed by atoms with van der Waals surface area (Å²) >= 11 is 0. The first-order valence-electron chi connectivity index (χ1n) is 11.2. The molecule has 1 saturated heterocycles. The second kappa shape index (κ2) is 9.23. The fraction of sp³-hybridized carbons (Fsp3) is 0.231. The van der Waals surface area contributed by atoms with Crippen molar-refractivity contribution in [3.63, 3.8) is 0 Å². The Hall–Kier alpha value is -3.78. The third kappa shape index (κ3) is 4.49. The van der Waals surface area contributed by atoms with E-state index in [0.717, 1.165) is 29.5 Å². The van der Waals surface area contributed by atoms with Crippen LogP contribution < -0.4 is 11.1 Å². The molecule has 4 aromatic rings. The van der Waals surface area contributed by atoms with Gasteiger partial charge in [-0.05, 0) is 66.8 Å². The fourth-order valence-corrected chi connectivity index (χ4v) is 4.40. The van der Waals surface area contributed by atoms with Crippen molar-refractivity contribution >= 4 is 22.5 Å². The lowest BCUT2D eigenvalue weighted by molar-refractivity contribution is 0.0904. The Bertz CT molecular complexity index is 1360. The molecule has 1 aliphatic rings. The number of carbonyl (C=O) groups excluding carboxylic acids is 1. The molecule has 0 aliphatic carbocycles. The number of fused-ring (bicyclic) bond motifs is 1. The number of halogens is 2. The lowest BCUT2D eigenvalue weighted by Gasteiger charge is -2.24. The van der Waals surface area contributed by atoms with E-state index in [-0.39, 0.29) is 23.0 Å². The molecule has 3 aromatic carbocycles. The first kappa shape index (κ1) is 22.0. The Kier molecular flexibility index (Phi) is 5.98. The number of H-pyrrole nitrogens is 1. The summed E-state index contributed by atoms with van der Waals surface area (Å²) in [5.41, 5.74) is 8.93. The van der Waals surface area contributed by atoms with E-state index in [1.807, 2.05) is 24.3 Å². The Balaban J connectivity index is 1.55. The van der Waals surface area contributed by atoms with Crippen LogP contribution in [0.3, 0.4) is 0 Å². The SMILES string of the molecule is NC(=O)c1cc(NC2CCOCC2)cc(-c2n[nH]c3ccc(Cc4cccc(F)c4)cc23)c1F. The van der Waals surface area contributed by atoms with E-state index in [4.69, 9.17) is 10.5 Å². The van der Waals surface area contributed by atoms with Crippen molar-refractivity contribution < 1.29 is 18.3 Å². The number of aromatic amines is 1. The maximum Gasteiger partial charge on any atom is 0.251 e. The van der Waals surface area contributed by atoms with E-state index in [1.165, 1.54) is 18.2 Å². The van der Waals surface area contributed by atoms with Gasteiger partial charge in [0.2, 0.25) is 0 Å². The van der Waals surface area contributed by atoms with Gasteiger partial charge in [0, 0.05) is 35.9 Å². The van der Waals surface area contributed by atoms with Crippen LogP contribution in [-0.4, -0.2) is 35.4 Å². The van der Waals surface area contributed by atoms with Gasteiger partial charge in [0.1, 0.15) is 17.3 Å². The molecule has 1 amide bonds. The molecular weight excluding hydrogens is 438 g/mol. The highest BCUT2D eigenvalue weighted by molar-refractivity contribution is 5.99. The topological polar surface area (TPSA) is 93.0 Å². The first-order valence-corrected chi connectivity index (χ1v) is 11.2. The van der Waals surface area contributed by atoms with Crippen molar-refractivity contribution in [2.45, 2.75) is 25.3 Å². The lowest BCUT2D eigenvalue weighted by atomic mass is 9.99. The highest BCUT2D eigenvalue weighted by Crippen LogP contribution is 2.33. The zero-order valence-corrected chi connectivity index (χ0v) is 18.4. The second-order valence-corrected chi connectivity index (χ2v) is 8.54. The quantitative estimate of drug-likeness (QED) is 0.384. The van der Waals surface area contributed by atoms with Gasteiger partial charge in [-0.25, -0.2) is 8.78 Å². The molecule has 0 bridgehead atoms. The molecule has 1 aromatic heterocycles. The van der Waals surface area contributed by atoms with Crippen LogP contribution in [0.25, 0.3) is 22.2 Å². The summed E-state index contributed by atoms with van der Waals surface area (Å²) in [4.78, 5) is 12.0. The highest BCUT2D eigenvalue weighted by Gasteiger charge is 2.22. The maximum atomic E-state index is 15.4. The van der Waals surface area contributed by atoms with Gasteiger partial charge in [0.05, 0.1) is 11.1 Å². The number of nitrogens with zero attached hydrogens (tertiary/aromatic N) is 1. The predicted molar refractivity (Wildman–Crippen MR) is 127 cm³/mol. The van der Waals surface area contributed by atoms with Gasteiger partial charge in [-0.3, -0.25) is 9.89 Å². The molecule has 4 N–H and O–H groups in total. The number of amides is 1. The first-order chi connectivity index (χ1) is 16.5. The molecule has 2 heterocycles. The smallest absolute Gasteiger partial charge is 0.251 e. The average molecular weight is 463 g/mol. The van der Waals surface area contributed by atoms with E-state index >= 15 is 4.39 Å². The van der Waals surface area contributed by atoms with E-state index in [9.17, 15) is 9.18 Å². The molecule has 5 rings (SSSR count).